The van der Waals surface area contributed by atoms with Crippen molar-refractivity contribution in [3.8, 4) is 28.4 Å². The topological polar surface area (TPSA) is 124 Å². The second-order valence-corrected chi connectivity index (χ2v) is 9.29. The third-order valence-electron chi connectivity index (χ3n) is 6.12. The Hall–Kier alpha value is -4.56. The highest BCUT2D eigenvalue weighted by molar-refractivity contribution is 6.35. The summed E-state index contributed by atoms with van der Waals surface area (Å²) in [5, 5.41) is 10.4. The fourth-order valence-electron chi connectivity index (χ4n) is 4.16. The molecule has 0 aliphatic rings. The van der Waals surface area contributed by atoms with Crippen LogP contribution in [0.5, 0.6) is 5.88 Å². The van der Waals surface area contributed by atoms with Gasteiger partial charge in [-0.15, -0.1) is 0 Å². The van der Waals surface area contributed by atoms with E-state index in [0.29, 0.717) is 27.6 Å². The third kappa shape index (κ3) is 5.40. The lowest BCUT2D eigenvalue weighted by Crippen LogP contribution is -2.07. The number of rotatable bonds is 8. The number of hydrogen-bond acceptors (Lipinski definition) is 7. The van der Waals surface area contributed by atoms with Gasteiger partial charge < -0.3 is 15.6 Å². The van der Waals surface area contributed by atoms with Crippen LogP contribution < -0.4 is 10.5 Å². The van der Waals surface area contributed by atoms with Gasteiger partial charge in [-0.05, 0) is 35.7 Å². The van der Waals surface area contributed by atoms with Gasteiger partial charge in [-0.3, -0.25) is 14.8 Å². The molecular weight excluding hydrogens is 502 g/mol. The molecule has 0 amide bonds. The first-order valence-electron chi connectivity index (χ1n) is 12.0. The molecule has 0 radical (unpaired) electrons. The minimum absolute atomic E-state index is 0.0367. The van der Waals surface area contributed by atoms with Crippen LogP contribution in [0.15, 0.2) is 79.1 Å². The van der Waals surface area contributed by atoms with E-state index in [-0.39, 0.29) is 30.6 Å². The summed E-state index contributed by atoms with van der Waals surface area (Å²) in [5.41, 5.74) is 11.2. The summed E-state index contributed by atoms with van der Waals surface area (Å²) in [6.45, 7) is 1.96. The van der Waals surface area contributed by atoms with Crippen molar-refractivity contribution >= 4 is 34.3 Å². The number of nitrogens with two attached hydrogens (primary N) is 1. The number of carbonyl (C=O) groups is 1. The van der Waals surface area contributed by atoms with Crippen LogP contribution in [-0.2, 0) is 11.4 Å². The number of hydrogen-bond donors (Lipinski definition) is 2. The van der Waals surface area contributed by atoms with Gasteiger partial charge in [-0.2, -0.15) is 0 Å². The molecule has 3 heterocycles. The van der Waals surface area contributed by atoms with Crippen molar-refractivity contribution in [3.05, 3.63) is 95.4 Å². The molecule has 0 saturated carbocycles. The zero-order chi connectivity index (χ0) is 26.6. The first kappa shape index (κ1) is 25.1. The Morgan fingerprint density at radius 3 is 2.53 bits per heavy atom. The summed E-state index contributed by atoms with van der Waals surface area (Å²) in [5.74, 6) is -0.675. The first-order valence-corrected chi connectivity index (χ1v) is 12.3. The van der Waals surface area contributed by atoms with Gasteiger partial charge in [0, 0.05) is 28.9 Å². The number of carboxylic acid groups (broad SMARTS) is 1. The van der Waals surface area contributed by atoms with E-state index in [2.05, 4.69) is 15.0 Å². The molecule has 0 saturated heterocycles. The smallest absolute Gasteiger partial charge is 0.303 e. The second-order valence-electron chi connectivity index (χ2n) is 8.88. The number of fused-ring (bicyclic) bond motifs is 1. The van der Waals surface area contributed by atoms with Gasteiger partial charge in [-0.1, -0.05) is 61.0 Å². The van der Waals surface area contributed by atoms with Crippen LogP contribution in [0.25, 0.3) is 33.4 Å². The maximum absolute atomic E-state index is 11.0. The van der Waals surface area contributed by atoms with Crippen LogP contribution in [-0.4, -0.2) is 31.0 Å². The lowest BCUT2D eigenvalue weighted by atomic mass is 9.99. The first-order chi connectivity index (χ1) is 18.4. The van der Waals surface area contributed by atoms with Crippen molar-refractivity contribution in [2.45, 2.75) is 25.9 Å². The van der Waals surface area contributed by atoms with E-state index in [0.717, 1.165) is 22.1 Å². The van der Waals surface area contributed by atoms with Crippen LogP contribution in [0.2, 0.25) is 5.02 Å². The molecule has 0 fully saturated rings. The molecule has 0 aliphatic carbocycles. The third-order valence-corrected chi connectivity index (χ3v) is 6.41. The van der Waals surface area contributed by atoms with E-state index in [1.165, 1.54) is 0 Å². The Kier molecular flexibility index (Phi) is 7.15. The van der Waals surface area contributed by atoms with Gasteiger partial charge >= 0.3 is 5.97 Å². The average Bonchev–Trinajstić information content (AvgIpc) is 2.92. The SMILES string of the molecule is CC(CC(=O)O)c1ccc(COc2nc(-c3cc(Cl)c4ncccc4c3)c(-c3ccccc3)nc2N)nc1. The molecule has 1 atom stereocenters. The fourth-order valence-corrected chi connectivity index (χ4v) is 4.43. The molecule has 190 valence electrons. The molecule has 3 aromatic heterocycles. The van der Waals surface area contributed by atoms with Crippen molar-refractivity contribution in [2.75, 3.05) is 5.73 Å². The molecule has 3 N–H and O–H groups in total. The number of aliphatic carboxylic acids is 1. The quantitative estimate of drug-likeness (QED) is 0.247. The lowest BCUT2D eigenvalue weighted by molar-refractivity contribution is -0.137. The number of nitrogen functional groups attached to an aromatic ring is 1. The van der Waals surface area contributed by atoms with Crippen LogP contribution >= 0.6 is 11.6 Å². The van der Waals surface area contributed by atoms with E-state index in [1.54, 1.807) is 18.5 Å². The molecule has 38 heavy (non-hydrogen) atoms. The minimum atomic E-state index is -0.849. The molecule has 1 unspecified atom stereocenters. The molecule has 5 rings (SSSR count). The molecule has 0 bridgehead atoms. The highest BCUT2D eigenvalue weighted by Gasteiger charge is 2.18. The van der Waals surface area contributed by atoms with E-state index < -0.39 is 5.97 Å². The number of ether oxygens (including phenoxy) is 1. The Bertz CT molecular complexity index is 1610. The molecule has 2 aromatic carbocycles. The van der Waals surface area contributed by atoms with E-state index >= 15 is 0 Å². The molecule has 9 heteroatoms. The summed E-state index contributed by atoms with van der Waals surface area (Å²) in [7, 11) is 0. The van der Waals surface area contributed by atoms with E-state index in [4.69, 9.17) is 32.2 Å². The molecule has 5 aromatic rings. The van der Waals surface area contributed by atoms with Crippen LogP contribution in [0.3, 0.4) is 0 Å². The zero-order valence-electron chi connectivity index (χ0n) is 20.5. The van der Waals surface area contributed by atoms with Gasteiger partial charge in [0.15, 0.2) is 5.82 Å². The number of anilines is 1. The Labute approximate surface area is 224 Å². The van der Waals surface area contributed by atoms with Gasteiger partial charge in [0.05, 0.1) is 28.3 Å². The van der Waals surface area contributed by atoms with Crippen molar-refractivity contribution < 1.29 is 14.6 Å². The number of halogens is 1. The molecule has 8 nitrogen and oxygen atoms in total. The summed E-state index contributed by atoms with van der Waals surface area (Å²) >= 11 is 6.58. The number of nitrogens with zero attached hydrogens (tertiary/aromatic N) is 4. The highest BCUT2D eigenvalue weighted by atomic mass is 35.5. The van der Waals surface area contributed by atoms with E-state index in [1.807, 2.05) is 67.6 Å². The largest absolute Gasteiger partial charge is 0.481 e. The number of pyridine rings is 2. The van der Waals surface area contributed by atoms with Gasteiger partial charge in [-0.25, -0.2) is 9.97 Å². The van der Waals surface area contributed by atoms with Gasteiger partial charge in [0.2, 0.25) is 0 Å². The number of carboxylic acids is 1. The summed E-state index contributed by atoms with van der Waals surface area (Å²) in [6.07, 6.45) is 3.40. The predicted octanol–water partition coefficient (Wildman–Crippen LogP) is 6.15. The maximum Gasteiger partial charge on any atom is 0.303 e. The van der Waals surface area contributed by atoms with Crippen LogP contribution in [0.1, 0.15) is 30.5 Å². The standard InChI is InChI=1S/C29H24ClN5O3/c1-17(12-24(36)37)20-9-10-22(33-15-20)16-38-29-28(31)34-26(18-6-3-2-4-7-18)27(35-29)21-13-19-8-5-11-32-25(19)23(30)14-21/h2-11,13-15,17H,12,16H2,1H3,(H2,31,34)(H,36,37). The zero-order valence-corrected chi connectivity index (χ0v) is 21.3. The van der Waals surface area contributed by atoms with Crippen molar-refractivity contribution in [2.24, 2.45) is 0 Å². The van der Waals surface area contributed by atoms with Crippen molar-refractivity contribution in [1.29, 1.82) is 0 Å². The Morgan fingerprint density at radius 1 is 1.00 bits per heavy atom. The fraction of sp³-hybridized carbons (Fsp3) is 0.138. The van der Waals surface area contributed by atoms with Gasteiger partial charge in [0.25, 0.3) is 5.88 Å². The Morgan fingerprint density at radius 2 is 1.79 bits per heavy atom. The maximum atomic E-state index is 11.0. The van der Waals surface area contributed by atoms with Gasteiger partial charge in [0.1, 0.15) is 12.3 Å². The monoisotopic (exact) mass is 525 g/mol. The van der Waals surface area contributed by atoms with Crippen molar-refractivity contribution in [1.82, 2.24) is 19.9 Å². The van der Waals surface area contributed by atoms with E-state index in [9.17, 15) is 4.79 Å². The highest BCUT2D eigenvalue weighted by Crippen LogP contribution is 2.36. The summed E-state index contributed by atoms with van der Waals surface area (Å²) < 4.78 is 5.96. The average molecular weight is 526 g/mol. The number of aromatic nitrogens is 4. The predicted molar refractivity (Wildman–Crippen MR) is 147 cm³/mol. The second kappa shape index (κ2) is 10.8. The normalized spacial score (nSPS) is 11.8. The lowest BCUT2D eigenvalue weighted by Gasteiger charge is -2.15. The van der Waals surface area contributed by atoms with Crippen LogP contribution in [0, 0.1) is 0 Å². The summed E-state index contributed by atoms with van der Waals surface area (Å²) in [4.78, 5) is 29.2. The summed E-state index contributed by atoms with van der Waals surface area (Å²) in [6, 6.07) is 20.9. The van der Waals surface area contributed by atoms with Crippen LogP contribution in [0.4, 0.5) is 5.82 Å². The Balaban J connectivity index is 1.49. The molecule has 0 spiro atoms. The van der Waals surface area contributed by atoms with Crippen molar-refractivity contribution in [3.63, 3.8) is 0 Å². The molecular formula is C29H24ClN5O3. The minimum Gasteiger partial charge on any atom is -0.481 e. The number of benzene rings is 2. The molecule has 0 aliphatic heterocycles.